The second kappa shape index (κ2) is 8.18. The Balaban J connectivity index is 1.81. The average Bonchev–Trinajstić information content (AvgIpc) is 3.28. The van der Waals surface area contributed by atoms with Gasteiger partial charge >= 0.3 is 0 Å². The third-order valence-corrected chi connectivity index (χ3v) is 6.36. The van der Waals surface area contributed by atoms with E-state index in [2.05, 4.69) is 11.4 Å². The first-order chi connectivity index (χ1) is 12.1. The molecule has 1 saturated heterocycles. The molecule has 2 saturated carbocycles. The minimum atomic E-state index is -0.693. The molecule has 0 bridgehead atoms. The van der Waals surface area contributed by atoms with Crippen LogP contribution in [-0.2, 0) is 9.59 Å². The van der Waals surface area contributed by atoms with Crippen molar-refractivity contribution in [3.05, 3.63) is 0 Å². The van der Waals surface area contributed by atoms with Crippen molar-refractivity contribution >= 4 is 11.8 Å². The highest BCUT2D eigenvalue weighted by molar-refractivity contribution is 6.00. The van der Waals surface area contributed by atoms with E-state index in [0.29, 0.717) is 0 Å². The van der Waals surface area contributed by atoms with Gasteiger partial charge in [0, 0.05) is 24.5 Å². The summed E-state index contributed by atoms with van der Waals surface area (Å²) in [6.45, 7) is 1.67. The highest BCUT2D eigenvalue weighted by atomic mass is 16.2. The average molecular weight is 346 g/mol. The number of amides is 2. The van der Waals surface area contributed by atoms with Crippen LogP contribution >= 0.6 is 0 Å². The molecule has 1 heterocycles. The van der Waals surface area contributed by atoms with E-state index in [1.807, 2.05) is 4.90 Å². The Kier molecular flexibility index (Phi) is 5.95. The second-order valence-corrected chi connectivity index (χ2v) is 7.96. The van der Waals surface area contributed by atoms with E-state index < -0.39 is 11.8 Å². The number of nitrogens with one attached hydrogen (secondary N) is 1. The first-order valence-corrected chi connectivity index (χ1v) is 9.83. The van der Waals surface area contributed by atoms with Crippen molar-refractivity contribution in [2.75, 3.05) is 13.1 Å². The molecule has 0 aromatic rings. The molecule has 0 aromatic carbocycles. The van der Waals surface area contributed by atoms with Crippen LogP contribution in [0.2, 0.25) is 0 Å². The molecule has 3 rings (SSSR count). The van der Waals surface area contributed by atoms with E-state index in [1.54, 1.807) is 0 Å². The molecule has 25 heavy (non-hydrogen) atoms. The van der Waals surface area contributed by atoms with Gasteiger partial charge in [-0.3, -0.25) is 9.59 Å². The van der Waals surface area contributed by atoms with Crippen LogP contribution in [0.1, 0.15) is 57.8 Å². The van der Waals surface area contributed by atoms with Gasteiger partial charge < -0.3 is 16.0 Å². The maximum atomic E-state index is 13.5. The van der Waals surface area contributed by atoms with Crippen LogP contribution in [-0.4, -0.2) is 41.9 Å². The molecule has 1 aliphatic heterocycles. The number of carbonyl (C=O) groups excluding carboxylic acids is 2. The third kappa shape index (κ3) is 3.98. The van der Waals surface area contributed by atoms with Crippen LogP contribution in [0.5, 0.6) is 0 Å². The highest BCUT2D eigenvalue weighted by Crippen LogP contribution is 2.36. The molecule has 3 fully saturated rings. The lowest BCUT2D eigenvalue weighted by atomic mass is 9.78. The number of hydrogen-bond donors (Lipinski definition) is 2. The fraction of sp³-hybridized carbons (Fsp3) is 0.842. The zero-order chi connectivity index (χ0) is 17.8. The van der Waals surface area contributed by atoms with E-state index in [4.69, 9.17) is 5.73 Å². The number of nitriles is 1. The molecule has 138 valence electrons. The summed E-state index contributed by atoms with van der Waals surface area (Å²) in [5.41, 5.74) is 5.70. The Labute approximate surface area is 150 Å². The highest BCUT2D eigenvalue weighted by Gasteiger charge is 2.43. The van der Waals surface area contributed by atoms with Gasteiger partial charge in [0.2, 0.25) is 11.8 Å². The number of rotatable bonds is 5. The predicted molar refractivity (Wildman–Crippen MR) is 94.1 cm³/mol. The fourth-order valence-electron chi connectivity index (χ4n) is 5.05. The van der Waals surface area contributed by atoms with Crippen molar-refractivity contribution in [2.45, 2.75) is 69.9 Å². The molecule has 4 atom stereocenters. The summed E-state index contributed by atoms with van der Waals surface area (Å²) in [4.78, 5) is 27.6. The number of carbonyl (C=O) groups is 2. The number of nitrogens with zero attached hydrogens (tertiary/aromatic N) is 2. The second-order valence-electron chi connectivity index (χ2n) is 7.96. The van der Waals surface area contributed by atoms with Crippen molar-refractivity contribution in [1.29, 1.82) is 5.26 Å². The topological polar surface area (TPSA) is 99.2 Å². The maximum Gasteiger partial charge on any atom is 0.235 e. The Morgan fingerprint density at radius 1 is 1.08 bits per heavy atom. The van der Waals surface area contributed by atoms with Crippen molar-refractivity contribution in [1.82, 2.24) is 10.2 Å². The van der Waals surface area contributed by atoms with Gasteiger partial charge in [0.05, 0.1) is 6.07 Å². The lowest BCUT2D eigenvalue weighted by Crippen LogP contribution is -2.53. The summed E-state index contributed by atoms with van der Waals surface area (Å²) in [5.74, 6) is -1.12. The fourth-order valence-corrected chi connectivity index (χ4v) is 5.05. The first kappa shape index (κ1) is 18.2. The molecule has 4 unspecified atom stereocenters. The van der Waals surface area contributed by atoms with E-state index in [-0.39, 0.29) is 29.8 Å². The van der Waals surface area contributed by atoms with Crippen LogP contribution in [0.15, 0.2) is 0 Å². The molecule has 6 heteroatoms. The van der Waals surface area contributed by atoms with Crippen molar-refractivity contribution < 1.29 is 9.59 Å². The molecule has 0 aromatic heterocycles. The Morgan fingerprint density at radius 3 is 2.40 bits per heavy atom. The molecule has 0 spiro atoms. The van der Waals surface area contributed by atoms with Gasteiger partial charge in [-0.05, 0) is 51.0 Å². The smallest absolute Gasteiger partial charge is 0.235 e. The molecule has 2 aliphatic carbocycles. The summed E-state index contributed by atoms with van der Waals surface area (Å²) in [6, 6.07) is 2.55. The van der Waals surface area contributed by atoms with E-state index >= 15 is 0 Å². The summed E-state index contributed by atoms with van der Waals surface area (Å²) in [7, 11) is 0. The summed E-state index contributed by atoms with van der Waals surface area (Å²) in [5, 5.41) is 12.6. The zero-order valence-electron chi connectivity index (χ0n) is 15.0. The van der Waals surface area contributed by atoms with Crippen LogP contribution in [0, 0.1) is 29.1 Å². The monoisotopic (exact) mass is 346 g/mol. The quantitative estimate of drug-likeness (QED) is 0.738. The van der Waals surface area contributed by atoms with Gasteiger partial charge in [-0.2, -0.15) is 5.26 Å². The molecule has 2 amide bonds. The van der Waals surface area contributed by atoms with Gasteiger partial charge in [-0.1, -0.05) is 19.3 Å². The molecular weight excluding hydrogens is 316 g/mol. The van der Waals surface area contributed by atoms with Crippen LogP contribution in [0.25, 0.3) is 0 Å². The van der Waals surface area contributed by atoms with Gasteiger partial charge in [-0.15, -0.1) is 0 Å². The van der Waals surface area contributed by atoms with Crippen LogP contribution in [0.4, 0.5) is 0 Å². The van der Waals surface area contributed by atoms with E-state index in [1.165, 1.54) is 6.42 Å². The normalized spacial score (nSPS) is 31.4. The molecule has 0 radical (unpaired) electrons. The van der Waals surface area contributed by atoms with Gasteiger partial charge in [0.25, 0.3) is 0 Å². The maximum absolute atomic E-state index is 13.5. The lowest BCUT2D eigenvalue weighted by molar-refractivity contribution is -0.147. The van der Waals surface area contributed by atoms with Gasteiger partial charge in [0.15, 0.2) is 0 Å². The predicted octanol–water partition coefficient (Wildman–Crippen LogP) is 1.55. The largest absolute Gasteiger partial charge is 0.369 e. The zero-order valence-corrected chi connectivity index (χ0v) is 15.0. The number of nitrogens with two attached hydrogens (primary N) is 1. The van der Waals surface area contributed by atoms with Crippen molar-refractivity contribution in [3.8, 4) is 6.07 Å². The Morgan fingerprint density at radius 2 is 1.84 bits per heavy atom. The lowest BCUT2D eigenvalue weighted by Gasteiger charge is -2.38. The number of hydrogen-bond acceptors (Lipinski definition) is 4. The minimum absolute atomic E-state index is 0.0244. The van der Waals surface area contributed by atoms with E-state index in [0.717, 1.165) is 64.5 Å². The van der Waals surface area contributed by atoms with Crippen molar-refractivity contribution in [3.63, 3.8) is 0 Å². The Hall–Kier alpha value is -1.61. The van der Waals surface area contributed by atoms with Gasteiger partial charge in [-0.25, -0.2) is 0 Å². The third-order valence-electron chi connectivity index (χ3n) is 6.36. The van der Waals surface area contributed by atoms with Gasteiger partial charge in [0.1, 0.15) is 5.92 Å². The van der Waals surface area contributed by atoms with Crippen LogP contribution in [0.3, 0.4) is 0 Å². The SMILES string of the molecule is N#CC1CCC(N(C(=O)C(C(N)=O)C2CCCCC2)C2CCNC2)C1. The standard InChI is InChI=1S/C19H30N4O2/c20-11-13-6-7-15(10-13)23(16-8-9-22-12-16)19(25)17(18(21)24)14-4-2-1-3-5-14/h13-17,22H,1-10,12H2,(H2,21,24). The molecule has 6 nitrogen and oxygen atoms in total. The molecule has 3 aliphatic rings. The minimum Gasteiger partial charge on any atom is -0.369 e. The molecular formula is C19H30N4O2. The molecule has 3 N–H and O–H groups in total. The summed E-state index contributed by atoms with van der Waals surface area (Å²) in [6.07, 6.45) is 8.51. The van der Waals surface area contributed by atoms with E-state index in [9.17, 15) is 14.9 Å². The summed E-state index contributed by atoms with van der Waals surface area (Å²) < 4.78 is 0. The first-order valence-electron chi connectivity index (χ1n) is 9.83. The number of primary amides is 1. The Bertz CT molecular complexity index is 532. The van der Waals surface area contributed by atoms with Crippen molar-refractivity contribution in [2.24, 2.45) is 23.5 Å². The summed E-state index contributed by atoms with van der Waals surface area (Å²) >= 11 is 0. The van der Waals surface area contributed by atoms with Crippen LogP contribution < -0.4 is 11.1 Å².